The van der Waals surface area contributed by atoms with Crippen LogP contribution in [-0.2, 0) is 11.0 Å². The summed E-state index contributed by atoms with van der Waals surface area (Å²) in [5.74, 6) is 0. The normalized spacial score (nSPS) is 15.4. The summed E-state index contributed by atoms with van der Waals surface area (Å²) in [6, 6.07) is 2.51. The highest BCUT2D eigenvalue weighted by Crippen LogP contribution is 2.54. The predicted octanol–water partition coefficient (Wildman–Crippen LogP) is 9.01. The van der Waals surface area contributed by atoms with E-state index in [2.05, 4.69) is 0 Å². The van der Waals surface area contributed by atoms with Crippen molar-refractivity contribution < 1.29 is 94.3 Å². The Kier molecular flexibility index (Phi) is 10.8. The van der Waals surface area contributed by atoms with E-state index in [1.165, 1.54) is 0 Å². The maximum absolute atomic E-state index is 13.7. The zero-order valence-electron chi connectivity index (χ0n) is 25.9. The minimum Gasteiger partial charge on any atom is -0.398 e. The van der Waals surface area contributed by atoms with E-state index in [0.717, 1.165) is 33.8 Å². The summed E-state index contributed by atoms with van der Waals surface area (Å²) in [4.78, 5) is 0. The Labute approximate surface area is 275 Å². The molecule has 0 aromatic heterocycles. The highest BCUT2D eigenvalue weighted by molar-refractivity contribution is 5.70. The third kappa shape index (κ3) is 7.44. The van der Waals surface area contributed by atoms with Crippen LogP contribution in [0.5, 0.6) is 0 Å². The second kappa shape index (κ2) is 12.6. The molecule has 2 rings (SSSR count). The average Bonchev–Trinajstić information content (AvgIpc) is 2.89. The van der Waals surface area contributed by atoms with E-state index in [1.807, 2.05) is 0 Å². The molecule has 0 amide bonds. The zero-order chi connectivity index (χ0) is 40.6. The summed E-state index contributed by atoms with van der Waals surface area (Å²) >= 11 is 0. The smallest absolute Gasteiger partial charge is 0.398 e. The Balaban J connectivity index is 3.00. The van der Waals surface area contributed by atoms with Gasteiger partial charge in [-0.1, -0.05) is 38.1 Å². The van der Waals surface area contributed by atoms with Crippen LogP contribution in [0.15, 0.2) is 36.4 Å². The van der Waals surface area contributed by atoms with Crippen LogP contribution in [0.4, 0.5) is 84.7 Å². The molecular weight excluding hydrogens is 752 g/mol. The number of halogens is 18. The number of hydrogen-bond donors (Lipinski definition) is 4. The Bertz CT molecular complexity index is 1600. The Morgan fingerprint density at radius 2 is 1.02 bits per heavy atom. The third-order valence-corrected chi connectivity index (χ3v) is 8.22. The van der Waals surface area contributed by atoms with E-state index in [1.54, 1.807) is 0 Å². The summed E-state index contributed by atoms with van der Waals surface area (Å²) in [5.41, 5.74) is -22.3. The van der Waals surface area contributed by atoms with Crippen LogP contribution < -0.4 is 5.73 Å². The van der Waals surface area contributed by atoms with Gasteiger partial charge < -0.3 is 21.1 Å². The van der Waals surface area contributed by atoms with Crippen LogP contribution in [-0.4, -0.2) is 63.6 Å². The first-order valence-electron chi connectivity index (χ1n) is 13.5. The number of aryl methyl sites for hydroxylation is 2. The number of alkyl halides is 18. The lowest BCUT2D eigenvalue weighted by Gasteiger charge is -2.36. The number of benzene rings is 2. The van der Waals surface area contributed by atoms with Crippen LogP contribution in [0.25, 0.3) is 5.57 Å². The molecule has 0 radical (unpaired) electrons. The maximum atomic E-state index is 13.7. The summed E-state index contributed by atoms with van der Waals surface area (Å²) in [6.45, 7) is 4.01. The van der Waals surface area contributed by atoms with Gasteiger partial charge in [0.2, 0.25) is 0 Å². The lowest BCUT2D eigenvalue weighted by Crippen LogP contribution is -2.58. The second-order valence-electron chi connectivity index (χ2n) is 12.1. The standard InChI is InChI=1S/C29H25F18NO3/c1-12-7-14(15(10-21(49,24(30,31)32)25(33,34)35)11-22(50,26(36,37)38)27(39,40)41)5-6-17(12)20(3,4)16-8-13(2)19(48)18(9-16)23(51,28(42,43)44)29(45,46)47/h5-10,49-51H,11,48H2,1-4H3/b15-10+. The van der Waals surface area contributed by atoms with Crippen molar-refractivity contribution in [3.63, 3.8) is 0 Å². The van der Waals surface area contributed by atoms with Gasteiger partial charge in [-0.25, -0.2) is 0 Å². The van der Waals surface area contributed by atoms with Gasteiger partial charge in [0.25, 0.3) is 16.8 Å². The van der Waals surface area contributed by atoms with Crippen LogP contribution in [0.3, 0.4) is 0 Å². The molecule has 290 valence electrons. The summed E-state index contributed by atoms with van der Waals surface area (Å²) in [6.07, 6.45) is -44.5. The van der Waals surface area contributed by atoms with Crippen molar-refractivity contribution in [2.75, 3.05) is 5.73 Å². The van der Waals surface area contributed by atoms with E-state index < -0.39 is 111 Å². The van der Waals surface area contributed by atoms with Crippen molar-refractivity contribution in [2.24, 2.45) is 0 Å². The molecule has 0 heterocycles. The topological polar surface area (TPSA) is 86.7 Å². The Morgan fingerprint density at radius 1 is 0.588 bits per heavy atom. The average molecular weight is 777 g/mol. The van der Waals surface area contributed by atoms with Gasteiger partial charge in [0.05, 0.1) is 0 Å². The van der Waals surface area contributed by atoms with E-state index >= 15 is 0 Å². The lowest BCUT2D eigenvalue weighted by molar-refractivity contribution is -0.376. The summed E-state index contributed by atoms with van der Waals surface area (Å²) in [5, 5.41) is 29.3. The number of nitrogen functional groups attached to an aromatic ring is 1. The molecule has 0 aliphatic rings. The summed E-state index contributed by atoms with van der Waals surface area (Å²) < 4.78 is 244. The minimum absolute atomic E-state index is 0.196. The van der Waals surface area contributed by atoms with Gasteiger partial charge in [-0.2, -0.15) is 79.0 Å². The Morgan fingerprint density at radius 3 is 1.37 bits per heavy atom. The Hall–Kier alpha value is -3.40. The number of hydrogen-bond acceptors (Lipinski definition) is 4. The largest absolute Gasteiger partial charge is 0.430 e. The molecule has 0 saturated heterocycles. The van der Waals surface area contributed by atoms with Gasteiger partial charge in [0.15, 0.2) is 0 Å². The molecule has 0 unspecified atom stereocenters. The van der Waals surface area contributed by atoms with Crippen molar-refractivity contribution >= 4 is 11.3 Å². The van der Waals surface area contributed by atoms with E-state index in [4.69, 9.17) is 5.73 Å². The third-order valence-electron chi connectivity index (χ3n) is 8.22. The van der Waals surface area contributed by atoms with E-state index in [9.17, 15) is 94.3 Å². The molecule has 51 heavy (non-hydrogen) atoms. The molecule has 22 heteroatoms. The predicted molar refractivity (Wildman–Crippen MR) is 142 cm³/mol. The minimum atomic E-state index is -6.82. The fourth-order valence-corrected chi connectivity index (χ4v) is 5.09. The molecule has 0 fully saturated rings. The molecular formula is C29H25F18NO3. The maximum Gasteiger partial charge on any atom is 0.430 e. The van der Waals surface area contributed by atoms with Gasteiger partial charge in [-0.3, -0.25) is 0 Å². The van der Waals surface area contributed by atoms with Crippen molar-refractivity contribution in [3.05, 3.63) is 69.8 Å². The van der Waals surface area contributed by atoms with E-state index in [0.29, 0.717) is 18.2 Å². The molecule has 0 bridgehead atoms. The zero-order valence-corrected chi connectivity index (χ0v) is 25.9. The second-order valence-corrected chi connectivity index (χ2v) is 12.1. The molecule has 4 nitrogen and oxygen atoms in total. The van der Waals surface area contributed by atoms with Gasteiger partial charge in [-0.15, -0.1) is 0 Å². The van der Waals surface area contributed by atoms with Crippen LogP contribution in [0, 0.1) is 13.8 Å². The molecule has 2 aromatic carbocycles. The van der Waals surface area contributed by atoms with Gasteiger partial charge in [0.1, 0.15) is 0 Å². The SMILES string of the molecule is Cc1cc(/C(=C/C(O)(C(F)(F)F)C(F)(F)F)CC(O)(C(F)(F)F)C(F)(F)F)ccc1C(C)(C)c1cc(C)c(N)c(C(O)(C(F)(F)F)C(F)(F)F)c1. The molecule has 0 aliphatic heterocycles. The van der Waals surface area contributed by atoms with Gasteiger partial charge in [0, 0.05) is 23.1 Å². The fourth-order valence-electron chi connectivity index (χ4n) is 5.09. The number of aliphatic hydroxyl groups is 3. The quantitative estimate of drug-likeness (QED) is 0.167. The van der Waals surface area contributed by atoms with Crippen LogP contribution >= 0.6 is 0 Å². The van der Waals surface area contributed by atoms with Crippen LogP contribution in [0.2, 0.25) is 0 Å². The molecule has 0 atom stereocenters. The van der Waals surface area contributed by atoms with Crippen molar-refractivity contribution in [1.82, 2.24) is 0 Å². The first kappa shape index (κ1) is 43.8. The van der Waals surface area contributed by atoms with Crippen molar-refractivity contribution in [3.8, 4) is 0 Å². The molecule has 0 saturated carbocycles. The lowest BCUT2D eigenvalue weighted by atomic mass is 9.73. The first-order valence-corrected chi connectivity index (χ1v) is 13.5. The fraction of sp³-hybridized carbons (Fsp3) is 0.517. The van der Waals surface area contributed by atoms with Crippen molar-refractivity contribution in [2.45, 2.75) is 93.4 Å². The first-order chi connectivity index (χ1) is 22.2. The van der Waals surface area contributed by atoms with Crippen LogP contribution in [0.1, 0.15) is 53.6 Å². The molecule has 0 spiro atoms. The number of rotatable bonds is 7. The van der Waals surface area contributed by atoms with Crippen molar-refractivity contribution in [1.29, 1.82) is 0 Å². The number of nitrogens with two attached hydrogens (primary N) is 1. The molecule has 0 aliphatic carbocycles. The number of anilines is 1. The van der Waals surface area contributed by atoms with Gasteiger partial charge >= 0.3 is 37.1 Å². The highest BCUT2D eigenvalue weighted by Gasteiger charge is 2.73. The van der Waals surface area contributed by atoms with Gasteiger partial charge in [-0.05, 0) is 59.4 Å². The van der Waals surface area contributed by atoms with E-state index in [-0.39, 0.29) is 11.6 Å². The highest BCUT2D eigenvalue weighted by atomic mass is 19.4. The monoisotopic (exact) mass is 777 g/mol. The molecule has 5 N–H and O–H groups in total. The molecule has 2 aromatic rings. The summed E-state index contributed by atoms with van der Waals surface area (Å²) in [7, 11) is 0.